The molecule has 0 aliphatic heterocycles. The van der Waals surface area contributed by atoms with Crippen LogP contribution in [0.2, 0.25) is 5.02 Å². The molecule has 0 spiro atoms. The highest BCUT2D eigenvalue weighted by Gasteiger charge is 2.17. The Bertz CT molecular complexity index is 600. The van der Waals surface area contributed by atoms with Crippen molar-refractivity contribution in [2.75, 3.05) is 5.88 Å². The highest BCUT2D eigenvalue weighted by Crippen LogP contribution is 2.26. The largest absolute Gasteiger partial charge is 0.275 e. The first-order valence-electron chi connectivity index (χ1n) is 5.48. The van der Waals surface area contributed by atoms with E-state index in [1.807, 2.05) is 0 Å². The van der Waals surface area contributed by atoms with Crippen molar-refractivity contribution in [3.8, 4) is 0 Å². The molecule has 6 nitrogen and oxygen atoms in total. The van der Waals surface area contributed by atoms with Crippen LogP contribution in [-0.2, 0) is 13.0 Å². The van der Waals surface area contributed by atoms with Gasteiger partial charge in [-0.25, -0.2) is 4.68 Å². The zero-order valence-corrected chi connectivity index (χ0v) is 11.3. The van der Waals surface area contributed by atoms with E-state index in [1.165, 1.54) is 10.7 Å². The Morgan fingerprint density at radius 3 is 2.89 bits per heavy atom. The van der Waals surface area contributed by atoms with Crippen LogP contribution in [-0.4, -0.2) is 25.8 Å². The van der Waals surface area contributed by atoms with E-state index >= 15 is 0 Å². The second kappa shape index (κ2) is 5.99. The Morgan fingerprint density at radius 1 is 1.42 bits per heavy atom. The summed E-state index contributed by atoms with van der Waals surface area (Å²) in [6.07, 6.45) is 2.31. The van der Waals surface area contributed by atoms with Crippen molar-refractivity contribution in [1.82, 2.24) is 15.0 Å². The van der Waals surface area contributed by atoms with Gasteiger partial charge in [-0.05, 0) is 6.07 Å². The molecule has 2 rings (SSSR count). The van der Waals surface area contributed by atoms with Crippen LogP contribution in [0.4, 0.5) is 5.69 Å². The van der Waals surface area contributed by atoms with Crippen molar-refractivity contribution in [3.05, 3.63) is 50.8 Å². The molecule has 0 saturated heterocycles. The van der Waals surface area contributed by atoms with E-state index in [9.17, 15) is 10.1 Å². The van der Waals surface area contributed by atoms with Crippen LogP contribution in [0, 0.1) is 10.1 Å². The molecule has 19 heavy (non-hydrogen) atoms. The average Bonchev–Trinajstić information content (AvgIpc) is 2.79. The number of nitro groups is 1. The van der Waals surface area contributed by atoms with Crippen molar-refractivity contribution >= 4 is 28.9 Å². The Labute approximate surface area is 119 Å². The van der Waals surface area contributed by atoms with Gasteiger partial charge in [-0.1, -0.05) is 22.9 Å². The van der Waals surface area contributed by atoms with E-state index in [4.69, 9.17) is 23.2 Å². The number of hydrogen-bond acceptors (Lipinski definition) is 4. The number of nitrogens with zero attached hydrogens (tertiary/aromatic N) is 4. The second-order valence-electron chi connectivity index (χ2n) is 3.84. The number of aromatic nitrogens is 3. The van der Waals surface area contributed by atoms with Crippen molar-refractivity contribution in [3.63, 3.8) is 0 Å². The fourth-order valence-corrected chi connectivity index (χ4v) is 2.09. The summed E-state index contributed by atoms with van der Waals surface area (Å²) in [5.74, 6) is 0.449. The van der Waals surface area contributed by atoms with Crippen LogP contribution in [0.3, 0.4) is 0 Å². The Morgan fingerprint density at radius 2 is 2.21 bits per heavy atom. The molecular weight excluding hydrogens is 291 g/mol. The normalized spacial score (nSPS) is 10.6. The Hall–Kier alpha value is -1.66. The molecule has 0 radical (unpaired) electrons. The van der Waals surface area contributed by atoms with Gasteiger partial charge in [0.15, 0.2) is 0 Å². The van der Waals surface area contributed by atoms with E-state index < -0.39 is 4.92 Å². The molecule has 0 N–H and O–H groups in total. The van der Waals surface area contributed by atoms with Crippen molar-refractivity contribution in [2.45, 2.75) is 13.0 Å². The molecule has 8 heteroatoms. The molecule has 0 fully saturated rings. The topological polar surface area (TPSA) is 73.8 Å². The molecule has 1 aromatic carbocycles. The first-order valence-corrected chi connectivity index (χ1v) is 6.40. The second-order valence-corrected chi connectivity index (χ2v) is 4.63. The number of hydrogen-bond donors (Lipinski definition) is 0. The summed E-state index contributed by atoms with van der Waals surface area (Å²) in [7, 11) is 0. The summed E-state index contributed by atoms with van der Waals surface area (Å²) in [5, 5.41) is 19.1. The molecule has 1 heterocycles. The summed E-state index contributed by atoms with van der Waals surface area (Å²) in [6.45, 7) is 0.200. The Balaban J connectivity index is 2.29. The van der Waals surface area contributed by atoms with Gasteiger partial charge < -0.3 is 0 Å². The lowest BCUT2D eigenvalue weighted by Crippen LogP contribution is -2.04. The monoisotopic (exact) mass is 300 g/mol. The predicted molar refractivity (Wildman–Crippen MR) is 71.7 cm³/mol. The third-order valence-electron chi connectivity index (χ3n) is 2.55. The van der Waals surface area contributed by atoms with Crippen molar-refractivity contribution in [2.24, 2.45) is 0 Å². The van der Waals surface area contributed by atoms with Gasteiger partial charge in [-0.3, -0.25) is 10.1 Å². The zero-order chi connectivity index (χ0) is 13.8. The van der Waals surface area contributed by atoms with Crippen LogP contribution >= 0.6 is 23.2 Å². The molecular formula is C11H10Cl2N4O2. The first kappa shape index (κ1) is 13.8. The lowest BCUT2D eigenvalue weighted by Gasteiger charge is -2.04. The van der Waals surface area contributed by atoms with E-state index in [-0.39, 0.29) is 12.2 Å². The summed E-state index contributed by atoms with van der Waals surface area (Å²) >= 11 is 11.6. The van der Waals surface area contributed by atoms with E-state index in [2.05, 4.69) is 10.3 Å². The fraction of sp³-hybridized carbons (Fsp3) is 0.273. The molecule has 0 amide bonds. The molecule has 2 aromatic rings. The molecule has 0 unspecified atom stereocenters. The van der Waals surface area contributed by atoms with Gasteiger partial charge in [-0.2, -0.15) is 0 Å². The summed E-state index contributed by atoms with van der Waals surface area (Å²) < 4.78 is 1.51. The maximum atomic E-state index is 11.0. The van der Waals surface area contributed by atoms with Gasteiger partial charge in [-0.15, -0.1) is 16.7 Å². The lowest BCUT2D eigenvalue weighted by atomic mass is 10.2. The number of rotatable bonds is 5. The Kier molecular flexibility index (Phi) is 4.34. The standard InChI is InChI=1S/C11H10Cl2N4O2/c12-5-4-8-6-16(15-14-8)7-9-10(13)2-1-3-11(9)17(18)19/h1-3,6H,4-5,7H2. The predicted octanol–water partition coefficient (Wildman–Crippen LogP) is 2.67. The van der Waals surface area contributed by atoms with Crippen LogP contribution in [0.25, 0.3) is 0 Å². The summed E-state index contributed by atoms with van der Waals surface area (Å²) in [6, 6.07) is 4.57. The van der Waals surface area contributed by atoms with Crippen LogP contribution in [0.1, 0.15) is 11.3 Å². The molecule has 0 bridgehead atoms. The van der Waals surface area contributed by atoms with E-state index in [0.717, 1.165) is 5.69 Å². The third-order valence-corrected chi connectivity index (χ3v) is 3.09. The minimum Gasteiger partial charge on any atom is -0.258 e. The van der Waals surface area contributed by atoms with Gasteiger partial charge in [0.25, 0.3) is 5.69 Å². The van der Waals surface area contributed by atoms with Gasteiger partial charge >= 0.3 is 0 Å². The number of alkyl halides is 1. The molecule has 100 valence electrons. The maximum absolute atomic E-state index is 11.0. The number of nitro benzene ring substituents is 1. The number of aryl methyl sites for hydroxylation is 1. The fourth-order valence-electron chi connectivity index (χ4n) is 1.66. The minimum absolute atomic E-state index is 0.0260. The molecule has 0 aliphatic carbocycles. The number of halogens is 2. The molecule has 1 aromatic heterocycles. The van der Waals surface area contributed by atoms with Crippen molar-refractivity contribution in [1.29, 1.82) is 0 Å². The van der Waals surface area contributed by atoms with Gasteiger partial charge in [0.05, 0.1) is 27.7 Å². The quantitative estimate of drug-likeness (QED) is 0.483. The van der Waals surface area contributed by atoms with Gasteiger partial charge in [0, 0.05) is 24.6 Å². The van der Waals surface area contributed by atoms with E-state index in [1.54, 1.807) is 18.3 Å². The lowest BCUT2D eigenvalue weighted by molar-refractivity contribution is -0.385. The third kappa shape index (κ3) is 3.21. The maximum Gasteiger partial charge on any atom is 0.275 e. The SMILES string of the molecule is O=[N+]([O-])c1cccc(Cl)c1Cn1cc(CCCl)nn1. The zero-order valence-electron chi connectivity index (χ0n) is 9.79. The minimum atomic E-state index is -0.460. The van der Waals surface area contributed by atoms with Crippen LogP contribution in [0.5, 0.6) is 0 Å². The summed E-state index contributed by atoms with van der Waals surface area (Å²) in [4.78, 5) is 10.5. The van der Waals surface area contributed by atoms with Crippen LogP contribution in [0.15, 0.2) is 24.4 Å². The molecule has 0 saturated carbocycles. The van der Waals surface area contributed by atoms with E-state index in [0.29, 0.717) is 22.9 Å². The highest BCUT2D eigenvalue weighted by molar-refractivity contribution is 6.31. The summed E-state index contributed by atoms with van der Waals surface area (Å²) in [5.41, 5.74) is 1.13. The molecule has 0 aliphatic rings. The van der Waals surface area contributed by atoms with Crippen LogP contribution < -0.4 is 0 Å². The highest BCUT2D eigenvalue weighted by atomic mass is 35.5. The number of benzene rings is 1. The molecule has 0 atom stereocenters. The first-order chi connectivity index (χ1) is 9.11. The smallest absolute Gasteiger partial charge is 0.258 e. The average molecular weight is 301 g/mol. The van der Waals surface area contributed by atoms with Gasteiger partial charge in [0.1, 0.15) is 0 Å². The van der Waals surface area contributed by atoms with Gasteiger partial charge in [0.2, 0.25) is 0 Å². The van der Waals surface area contributed by atoms with Crippen molar-refractivity contribution < 1.29 is 4.92 Å².